The molecule has 0 aliphatic carbocycles. The molecule has 0 amide bonds. The van der Waals surface area contributed by atoms with E-state index >= 15 is 0 Å². The average molecular weight is 516 g/mol. The van der Waals surface area contributed by atoms with Crippen LogP contribution in [0, 0.1) is 5.92 Å². The fraction of sp³-hybridized carbons (Fsp3) is 0.517. The number of pyridine rings is 2. The van der Waals surface area contributed by atoms with Crippen LogP contribution in [0.15, 0.2) is 36.9 Å². The number of piperidine rings is 1. The van der Waals surface area contributed by atoms with Crippen LogP contribution in [0.5, 0.6) is 5.75 Å². The number of aromatic nitrogens is 6. The summed E-state index contributed by atoms with van der Waals surface area (Å²) in [5.41, 5.74) is 6.85. The maximum absolute atomic E-state index is 5.58. The molecule has 4 aromatic heterocycles. The number of H-pyrrole nitrogens is 1. The normalized spacial score (nSPS) is 18.0. The smallest absolute Gasteiger partial charge is 0.197 e. The van der Waals surface area contributed by atoms with Crippen LogP contribution in [-0.2, 0) is 4.74 Å². The Morgan fingerprint density at radius 2 is 1.92 bits per heavy atom. The summed E-state index contributed by atoms with van der Waals surface area (Å²) in [6, 6.07) is 6.37. The Hall–Kier alpha value is -3.30. The molecule has 200 valence electrons. The summed E-state index contributed by atoms with van der Waals surface area (Å²) in [5, 5.41) is 12.3. The van der Waals surface area contributed by atoms with E-state index in [0.29, 0.717) is 17.3 Å². The second kappa shape index (κ2) is 10.8. The van der Waals surface area contributed by atoms with Crippen molar-refractivity contribution in [2.24, 2.45) is 5.92 Å². The third kappa shape index (κ3) is 4.92. The van der Waals surface area contributed by atoms with Gasteiger partial charge >= 0.3 is 0 Å². The van der Waals surface area contributed by atoms with Gasteiger partial charge in [0.1, 0.15) is 12.0 Å². The first-order valence-corrected chi connectivity index (χ1v) is 13.8. The fourth-order valence-corrected chi connectivity index (χ4v) is 6.04. The largest absolute Gasteiger partial charge is 0.493 e. The van der Waals surface area contributed by atoms with Gasteiger partial charge in [0, 0.05) is 43.3 Å². The van der Waals surface area contributed by atoms with Crippen molar-refractivity contribution in [1.29, 1.82) is 0 Å². The van der Waals surface area contributed by atoms with Gasteiger partial charge in [0.2, 0.25) is 0 Å². The number of methoxy groups -OCH3 is 1. The summed E-state index contributed by atoms with van der Waals surface area (Å²) in [6.45, 7) is 9.80. The first-order valence-electron chi connectivity index (χ1n) is 13.8. The molecular weight excluding hydrogens is 478 g/mol. The Kier molecular flexibility index (Phi) is 7.12. The zero-order valence-electron chi connectivity index (χ0n) is 22.6. The summed E-state index contributed by atoms with van der Waals surface area (Å²) >= 11 is 0. The predicted octanol–water partition coefficient (Wildman–Crippen LogP) is 4.92. The van der Waals surface area contributed by atoms with E-state index in [-0.39, 0.29) is 5.92 Å². The molecule has 0 spiro atoms. The Bertz CT molecular complexity index is 1360. The molecule has 38 heavy (non-hydrogen) atoms. The van der Waals surface area contributed by atoms with Crippen molar-refractivity contribution in [3.05, 3.63) is 48.0 Å². The van der Waals surface area contributed by atoms with Crippen molar-refractivity contribution in [2.75, 3.05) is 40.0 Å². The summed E-state index contributed by atoms with van der Waals surface area (Å²) in [5.74, 6) is 2.29. The van der Waals surface area contributed by atoms with Crippen molar-refractivity contribution < 1.29 is 9.47 Å². The molecular formula is C29H37N7O2. The Labute approximate surface area is 223 Å². The molecule has 2 aliphatic heterocycles. The van der Waals surface area contributed by atoms with Crippen molar-refractivity contribution >= 4 is 5.65 Å². The van der Waals surface area contributed by atoms with Crippen LogP contribution in [0.25, 0.3) is 28.3 Å². The first kappa shape index (κ1) is 25.0. The number of hydrogen-bond acceptors (Lipinski definition) is 7. The summed E-state index contributed by atoms with van der Waals surface area (Å²) in [6.07, 6.45) is 10.4. The Morgan fingerprint density at radius 3 is 2.63 bits per heavy atom. The van der Waals surface area contributed by atoms with Gasteiger partial charge in [-0.25, -0.2) is 9.50 Å². The minimum atomic E-state index is 0.248. The Morgan fingerprint density at radius 1 is 1.11 bits per heavy atom. The van der Waals surface area contributed by atoms with Gasteiger partial charge in [0.05, 0.1) is 18.5 Å². The topological polar surface area (TPSA) is 93.5 Å². The SMILES string of the molecule is COc1cc(-c2[nH]nc(-c3ccc(C4CCN(CC5CCOCC5)CC4)cn3)c2C(C)C)cn2ncnc12. The molecule has 1 N–H and O–H groups in total. The van der Waals surface area contributed by atoms with Gasteiger partial charge in [-0.15, -0.1) is 0 Å². The molecule has 2 saturated heterocycles. The molecule has 0 unspecified atom stereocenters. The molecule has 6 rings (SSSR count). The van der Waals surface area contributed by atoms with Gasteiger partial charge in [0.25, 0.3) is 0 Å². The number of likely N-dealkylation sites (tertiary alicyclic amines) is 1. The number of nitrogens with zero attached hydrogens (tertiary/aromatic N) is 6. The van der Waals surface area contributed by atoms with Crippen LogP contribution in [0.4, 0.5) is 0 Å². The lowest BCUT2D eigenvalue weighted by atomic mass is 9.89. The highest BCUT2D eigenvalue weighted by molar-refractivity contribution is 5.75. The van der Waals surface area contributed by atoms with Crippen molar-refractivity contribution in [3.8, 4) is 28.4 Å². The van der Waals surface area contributed by atoms with Gasteiger partial charge in [-0.3, -0.25) is 10.1 Å². The van der Waals surface area contributed by atoms with E-state index in [9.17, 15) is 0 Å². The highest BCUT2D eigenvalue weighted by Crippen LogP contribution is 2.37. The van der Waals surface area contributed by atoms with Crippen molar-refractivity contribution in [2.45, 2.75) is 51.4 Å². The zero-order valence-corrected chi connectivity index (χ0v) is 22.6. The number of rotatable bonds is 7. The molecule has 9 nitrogen and oxygen atoms in total. The number of aromatic amines is 1. The van der Waals surface area contributed by atoms with Gasteiger partial charge in [-0.2, -0.15) is 10.2 Å². The van der Waals surface area contributed by atoms with Crippen LogP contribution in [0.2, 0.25) is 0 Å². The molecule has 9 heteroatoms. The molecule has 4 aromatic rings. The third-order valence-electron chi connectivity index (χ3n) is 8.18. The summed E-state index contributed by atoms with van der Waals surface area (Å²) < 4.78 is 12.8. The van der Waals surface area contributed by atoms with E-state index in [0.717, 1.165) is 47.3 Å². The molecule has 2 fully saturated rings. The summed E-state index contributed by atoms with van der Waals surface area (Å²) in [4.78, 5) is 11.8. The summed E-state index contributed by atoms with van der Waals surface area (Å²) in [7, 11) is 1.65. The van der Waals surface area contributed by atoms with Crippen LogP contribution in [0.3, 0.4) is 0 Å². The second-order valence-electron chi connectivity index (χ2n) is 10.9. The van der Waals surface area contributed by atoms with E-state index in [1.807, 2.05) is 12.3 Å². The average Bonchev–Trinajstić information content (AvgIpc) is 3.61. The van der Waals surface area contributed by atoms with Gasteiger partial charge in [-0.1, -0.05) is 19.9 Å². The van der Waals surface area contributed by atoms with E-state index in [2.05, 4.69) is 52.3 Å². The van der Waals surface area contributed by atoms with Crippen LogP contribution in [0.1, 0.15) is 62.5 Å². The quantitative estimate of drug-likeness (QED) is 0.373. The highest BCUT2D eigenvalue weighted by atomic mass is 16.5. The predicted molar refractivity (Wildman–Crippen MR) is 146 cm³/mol. The third-order valence-corrected chi connectivity index (χ3v) is 8.18. The molecule has 2 aliphatic rings. The number of fused-ring (bicyclic) bond motifs is 1. The molecule has 0 aromatic carbocycles. The second-order valence-corrected chi connectivity index (χ2v) is 10.9. The lowest BCUT2D eigenvalue weighted by Crippen LogP contribution is -2.38. The highest BCUT2D eigenvalue weighted by Gasteiger charge is 2.25. The maximum atomic E-state index is 5.58. The number of hydrogen-bond donors (Lipinski definition) is 1. The molecule has 6 heterocycles. The van der Waals surface area contributed by atoms with Crippen LogP contribution >= 0.6 is 0 Å². The van der Waals surface area contributed by atoms with Gasteiger partial charge < -0.3 is 14.4 Å². The van der Waals surface area contributed by atoms with Crippen LogP contribution < -0.4 is 4.74 Å². The van der Waals surface area contributed by atoms with E-state index < -0.39 is 0 Å². The molecule has 0 radical (unpaired) electrons. The number of ether oxygens (including phenoxy) is 2. The van der Waals surface area contributed by atoms with Gasteiger partial charge in [-0.05, 0) is 74.2 Å². The molecule has 0 saturated carbocycles. The standard InChI is InChI=1S/C29H37N7O2/c1-19(2)26-27(23-14-25(37-3)29-31-18-32-36(29)17-23)33-34-28(26)24-5-4-22(15-30-24)21-6-10-35(11-7-21)16-20-8-12-38-13-9-20/h4-5,14-15,17-21H,6-13,16H2,1-3H3,(H,33,34). The van der Waals surface area contributed by atoms with E-state index in [1.54, 1.807) is 11.6 Å². The van der Waals surface area contributed by atoms with Gasteiger partial charge in [0.15, 0.2) is 11.4 Å². The minimum absolute atomic E-state index is 0.248. The zero-order chi connectivity index (χ0) is 26.1. The lowest BCUT2D eigenvalue weighted by Gasteiger charge is -2.35. The first-order chi connectivity index (χ1) is 18.6. The van der Waals surface area contributed by atoms with E-state index in [1.165, 1.54) is 57.2 Å². The molecule has 0 atom stereocenters. The van der Waals surface area contributed by atoms with Crippen molar-refractivity contribution in [3.63, 3.8) is 0 Å². The molecule has 0 bridgehead atoms. The maximum Gasteiger partial charge on any atom is 0.197 e. The Balaban J connectivity index is 1.19. The van der Waals surface area contributed by atoms with Crippen molar-refractivity contribution in [1.82, 2.24) is 34.7 Å². The van der Waals surface area contributed by atoms with Crippen LogP contribution in [-0.4, -0.2) is 74.6 Å². The number of nitrogens with one attached hydrogen (secondary N) is 1. The monoisotopic (exact) mass is 515 g/mol. The minimum Gasteiger partial charge on any atom is -0.493 e. The van der Waals surface area contributed by atoms with E-state index in [4.69, 9.17) is 19.6 Å². The lowest BCUT2D eigenvalue weighted by molar-refractivity contribution is 0.0488. The fourth-order valence-electron chi connectivity index (χ4n) is 6.04.